The Morgan fingerprint density at radius 3 is 3.13 bits per heavy atom. The molecule has 0 bridgehead atoms. The Balaban J connectivity index is 1.52. The summed E-state index contributed by atoms with van der Waals surface area (Å²) in [7, 11) is 0. The summed E-state index contributed by atoms with van der Waals surface area (Å²) < 4.78 is 0. The van der Waals surface area contributed by atoms with Gasteiger partial charge in [-0.3, -0.25) is 4.79 Å². The maximum atomic E-state index is 12.7. The predicted molar refractivity (Wildman–Crippen MR) is 95.3 cm³/mol. The molecule has 0 spiro atoms. The first-order valence-electron chi connectivity index (χ1n) is 7.52. The fourth-order valence-corrected chi connectivity index (χ4v) is 4.54. The van der Waals surface area contributed by atoms with Gasteiger partial charge in [0.1, 0.15) is 16.2 Å². The van der Waals surface area contributed by atoms with Crippen LogP contribution >= 0.6 is 23.1 Å². The zero-order valence-electron chi connectivity index (χ0n) is 12.4. The number of thiophene rings is 1. The molecule has 23 heavy (non-hydrogen) atoms. The van der Waals surface area contributed by atoms with Crippen LogP contribution in [0, 0.1) is 0 Å². The van der Waals surface area contributed by atoms with E-state index in [0.29, 0.717) is 5.75 Å². The highest BCUT2D eigenvalue weighted by Gasteiger charge is 2.22. The smallest absolute Gasteiger partial charge is 0.237 e. The molecule has 1 aliphatic heterocycles. The summed E-state index contributed by atoms with van der Waals surface area (Å²) in [5.74, 6) is 0.542. The third-order valence-corrected chi connectivity index (χ3v) is 5.78. The number of aryl methyl sites for hydroxylation is 1. The molecule has 3 heterocycles. The van der Waals surface area contributed by atoms with Crippen LogP contribution in [0.5, 0.6) is 0 Å². The molecular formula is C17H15N3OS2. The first kappa shape index (κ1) is 14.7. The minimum absolute atomic E-state index is 0.143. The molecule has 0 saturated heterocycles. The molecule has 1 amide bonds. The number of para-hydroxylation sites is 1. The van der Waals surface area contributed by atoms with Crippen molar-refractivity contribution in [2.24, 2.45) is 0 Å². The van der Waals surface area contributed by atoms with Crippen molar-refractivity contribution in [2.45, 2.75) is 17.9 Å². The molecule has 4 rings (SSSR count). The molecule has 2 aromatic heterocycles. The van der Waals surface area contributed by atoms with Crippen molar-refractivity contribution in [3.8, 4) is 0 Å². The van der Waals surface area contributed by atoms with Gasteiger partial charge in [-0.15, -0.1) is 11.3 Å². The van der Waals surface area contributed by atoms with Crippen molar-refractivity contribution in [1.29, 1.82) is 0 Å². The summed E-state index contributed by atoms with van der Waals surface area (Å²) in [6.07, 6.45) is 3.64. The van der Waals surface area contributed by atoms with E-state index in [1.165, 1.54) is 17.3 Å². The molecule has 116 valence electrons. The zero-order valence-corrected chi connectivity index (χ0v) is 14.1. The van der Waals surface area contributed by atoms with E-state index in [1.54, 1.807) is 17.7 Å². The van der Waals surface area contributed by atoms with Crippen LogP contribution in [0.4, 0.5) is 5.69 Å². The number of benzene rings is 1. The lowest BCUT2D eigenvalue weighted by atomic mass is 10.0. The number of hydrogen-bond donors (Lipinski definition) is 0. The lowest BCUT2D eigenvalue weighted by molar-refractivity contribution is -0.116. The van der Waals surface area contributed by atoms with Crippen LogP contribution in [0.3, 0.4) is 0 Å². The first-order chi connectivity index (χ1) is 11.3. The topological polar surface area (TPSA) is 46.1 Å². The van der Waals surface area contributed by atoms with E-state index in [9.17, 15) is 4.79 Å². The van der Waals surface area contributed by atoms with Crippen molar-refractivity contribution in [3.05, 3.63) is 47.6 Å². The zero-order chi connectivity index (χ0) is 15.6. The van der Waals surface area contributed by atoms with Crippen LogP contribution in [0.15, 0.2) is 47.1 Å². The average molecular weight is 341 g/mol. The van der Waals surface area contributed by atoms with Gasteiger partial charge in [-0.1, -0.05) is 30.0 Å². The van der Waals surface area contributed by atoms with Crippen LogP contribution < -0.4 is 4.90 Å². The third-order valence-electron chi connectivity index (χ3n) is 3.97. The number of carbonyl (C=O) groups excluding carboxylic acids is 1. The summed E-state index contributed by atoms with van der Waals surface area (Å²) in [4.78, 5) is 24.1. The van der Waals surface area contributed by atoms with Crippen LogP contribution in [-0.2, 0) is 11.2 Å². The molecule has 0 fully saturated rings. The Hall–Kier alpha value is -1.92. The van der Waals surface area contributed by atoms with Gasteiger partial charge in [-0.25, -0.2) is 9.97 Å². The summed E-state index contributed by atoms with van der Waals surface area (Å²) in [5.41, 5.74) is 2.33. The van der Waals surface area contributed by atoms with E-state index in [0.717, 1.165) is 40.3 Å². The number of rotatable bonds is 3. The number of carbonyl (C=O) groups is 1. The van der Waals surface area contributed by atoms with Crippen LogP contribution in [-0.4, -0.2) is 28.2 Å². The van der Waals surface area contributed by atoms with Crippen molar-refractivity contribution in [2.75, 3.05) is 17.2 Å². The number of fused-ring (bicyclic) bond motifs is 2. The highest BCUT2D eigenvalue weighted by Crippen LogP contribution is 2.30. The Bertz CT molecular complexity index is 862. The number of thioether (sulfide) groups is 1. The minimum atomic E-state index is 0.143. The van der Waals surface area contributed by atoms with E-state index in [-0.39, 0.29) is 5.91 Å². The Kier molecular flexibility index (Phi) is 4.01. The highest BCUT2D eigenvalue weighted by atomic mass is 32.2. The molecule has 0 radical (unpaired) electrons. The van der Waals surface area contributed by atoms with Gasteiger partial charge in [-0.05, 0) is 35.9 Å². The predicted octanol–water partition coefficient (Wildman–Crippen LogP) is 3.76. The first-order valence-corrected chi connectivity index (χ1v) is 9.39. The van der Waals surface area contributed by atoms with E-state index in [4.69, 9.17) is 0 Å². The molecule has 1 aromatic carbocycles. The van der Waals surface area contributed by atoms with Gasteiger partial charge in [0, 0.05) is 17.6 Å². The molecule has 0 N–H and O–H groups in total. The van der Waals surface area contributed by atoms with E-state index < -0.39 is 0 Å². The SMILES string of the molecule is O=C(CSc1ncnc2sccc12)N1CCCc2ccccc21. The second kappa shape index (κ2) is 6.29. The standard InChI is InChI=1S/C17H15N3OS2/c21-15(20-8-3-5-12-4-1-2-6-14(12)20)10-23-17-13-7-9-22-16(13)18-11-19-17/h1-2,4,6-7,9,11H,3,5,8,10H2. The molecule has 1 aliphatic rings. The maximum absolute atomic E-state index is 12.7. The molecule has 0 atom stereocenters. The van der Waals surface area contributed by atoms with Crippen molar-refractivity contribution in [1.82, 2.24) is 9.97 Å². The summed E-state index contributed by atoms with van der Waals surface area (Å²) in [6, 6.07) is 10.2. The Morgan fingerprint density at radius 2 is 2.17 bits per heavy atom. The summed E-state index contributed by atoms with van der Waals surface area (Å²) in [6.45, 7) is 0.800. The van der Waals surface area contributed by atoms with E-state index >= 15 is 0 Å². The fraction of sp³-hybridized carbons (Fsp3) is 0.235. The summed E-state index contributed by atoms with van der Waals surface area (Å²) in [5, 5.41) is 3.93. The Labute approximate surface area is 142 Å². The average Bonchev–Trinajstić information content (AvgIpc) is 3.08. The summed E-state index contributed by atoms with van der Waals surface area (Å²) >= 11 is 3.09. The van der Waals surface area contributed by atoms with Gasteiger partial charge >= 0.3 is 0 Å². The van der Waals surface area contributed by atoms with Gasteiger partial charge < -0.3 is 4.90 Å². The minimum Gasteiger partial charge on any atom is -0.311 e. The van der Waals surface area contributed by atoms with Crippen molar-refractivity contribution in [3.63, 3.8) is 0 Å². The second-order valence-corrected chi connectivity index (χ2v) is 7.24. The van der Waals surface area contributed by atoms with Gasteiger partial charge in [0.2, 0.25) is 5.91 Å². The van der Waals surface area contributed by atoms with E-state index in [1.807, 2.05) is 34.5 Å². The molecule has 0 aliphatic carbocycles. The number of nitrogens with zero attached hydrogens (tertiary/aromatic N) is 3. The van der Waals surface area contributed by atoms with Crippen molar-refractivity contribution >= 4 is 44.9 Å². The Morgan fingerprint density at radius 1 is 1.26 bits per heavy atom. The third kappa shape index (κ3) is 2.84. The number of amides is 1. The maximum Gasteiger partial charge on any atom is 0.237 e. The number of anilines is 1. The lowest BCUT2D eigenvalue weighted by Gasteiger charge is -2.29. The molecule has 3 aromatic rings. The molecule has 0 unspecified atom stereocenters. The molecule has 6 heteroatoms. The van der Waals surface area contributed by atoms with Gasteiger partial charge in [0.05, 0.1) is 5.75 Å². The van der Waals surface area contributed by atoms with Crippen LogP contribution in [0.1, 0.15) is 12.0 Å². The van der Waals surface area contributed by atoms with Crippen LogP contribution in [0.25, 0.3) is 10.2 Å². The highest BCUT2D eigenvalue weighted by molar-refractivity contribution is 8.00. The largest absolute Gasteiger partial charge is 0.311 e. The number of hydrogen-bond acceptors (Lipinski definition) is 5. The normalized spacial score (nSPS) is 14.0. The van der Waals surface area contributed by atoms with Gasteiger partial charge in [0.25, 0.3) is 0 Å². The van der Waals surface area contributed by atoms with Crippen LogP contribution in [0.2, 0.25) is 0 Å². The van der Waals surface area contributed by atoms with Gasteiger partial charge in [-0.2, -0.15) is 0 Å². The quantitative estimate of drug-likeness (QED) is 0.537. The number of aromatic nitrogens is 2. The second-order valence-electron chi connectivity index (χ2n) is 5.38. The van der Waals surface area contributed by atoms with E-state index in [2.05, 4.69) is 16.0 Å². The lowest BCUT2D eigenvalue weighted by Crippen LogP contribution is -2.36. The molecule has 0 saturated carbocycles. The fourth-order valence-electron chi connectivity index (χ4n) is 2.88. The van der Waals surface area contributed by atoms with Crippen molar-refractivity contribution < 1.29 is 4.79 Å². The monoisotopic (exact) mass is 341 g/mol. The van der Waals surface area contributed by atoms with Gasteiger partial charge in [0.15, 0.2) is 0 Å². The molecular weight excluding hydrogens is 326 g/mol. The molecule has 4 nitrogen and oxygen atoms in total.